The molecule has 3 N–H and O–H groups in total. The van der Waals surface area contributed by atoms with Crippen LogP contribution in [0.5, 0.6) is 0 Å². The van der Waals surface area contributed by atoms with Crippen molar-refractivity contribution in [2.75, 3.05) is 79.5 Å². The maximum atomic E-state index is 5.40. The number of piperazine rings is 2. The van der Waals surface area contributed by atoms with Gasteiger partial charge in [-0.3, -0.25) is 4.90 Å². The van der Waals surface area contributed by atoms with E-state index in [1.807, 2.05) is 0 Å². The summed E-state index contributed by atoms with van der Waals surface area (Å²) in [6.07, 6.45) is 0. The van der Waals surface area contributed by atoms with Crippen molar-refractivity contribution in [3.8, 4) is 0 Å². The van der Waals surface area contributed by atoms with Crippen LogP contribution in [0.4, 0.5) is 0 Å². The van der Waals surface area contributed by atoms with Crippen molar-refractivity contribution >= 4 is 0 Å². The Hall–Kier alpha value is -0.200. The Morgan fingerprint density at radius 3 is 1.76 bits per heavy atom. The van der Waals surface area contributed by atoms with Crippen LogP contribution in [0.3, 0.4) is 0 Å². The minimum atomic E-state index is 0.792. The van der Waals surface area contributed by atoms with Crippen molar-refractivity contribution in [1.82, 2.24) is 20.0 Å². The number of likely N-dealkylation sites (N-methyl/N-ethyl adjacent to an activating group) is 2. The molecule has 0 aromatic heterocycles. The molecule has 0 spiro atoms. The molecule has 102 valence electrons. The number of nitrogens with zero attached hydrogens (tertiary/aromatic N) is 3. The predicted octanol–water partition coefficient (Wildman–Crippen LogP) is -1.29. The van der Waals surface area contributed by atoms with Gasteiger partial charge in [-0.25, -0.2) is 0 Å². The van der Waals surface area contributed by atoms with Gasteiger partial charge in [0.25, 0.3) is 0 Å². The van der Waals surface area contributed by atoms with Crippen LogP contribution >= 0.6 is 0 Å². The van der Waals surface area contributed by atoms with Gasteiger partial charge in [-0.05, 0) is 14.1 Å². The lowest BCUT2D eigenvalue weighted by molar-refractivity contribution is 0.181. The largest absolute Gasteiger partial charge is 0.329 e. The third-order valence-corrected chi connectivity index (χ3v) is 3.38. The summed E-state index contributed by atoms with van der Waals surface area (Å²) in [5, 5.41) is 3.29. The summed E-state index contributed by atoms with van der Waals surface area (Å²) >= 11 is 0. The third kappa shape index (κ3) is 6.95. The van der Waals surface area contributed by atoms with Crippen molar-refractivity contribution in [3.63, 3.8) is 0 Å². The van der Waals surface area contributed by atoms with E-state index >= 15 is 0 Å². The number of nitrogens with one attached hydrogen (secondary N) is 1. The van der Waals surface area contributed by atoms with Crippen molar-refractivity contribution < 1.29 is 0 Å². The highest BCUT2D eigenvalue weighted by atomic mass is 15.2. The summed E-state index contributed by atoms with van der Waals surface area (Å²) in [5.74, 6) is 0. The third-order valence-electron chi connectivity index (χ3n) is 3.38. The topological polar surface area (TPSA) is 47.8 Å². The molecule has 2 aliphatic rings. The van der Waals surface area contributed by atoms with E-state index in [9.17, 15) is 0 Å². The molecule has 0 atom stereocenters. The minimum Gasteiger partial charge on any atom is -0.329 e. The average molecular weight is 243 g/mol. The summed E-state index contributed by atoms with van der Waals surface area (Å²) in [4.78, 5) is 7.11. The lowest BCUT2D eigenvalue weighted by Crippen LogP contribution is -2.45. The average Bonchev–Trinajstić information content (AvgIpc) is 2.36. The molecule has 5 nitrogen and oxygen atoms in total. The molecule has 0 amide bonds. The molecule has 0 radical (unpaired) electrons. The quantitative estimate of drug-likeness (QED) is 0.632. The minimum absolute atomic E-state index is 0.792. The summed E-state index contributed by atoms with van der Waals surface area (Å²) < 4.78 is 0. The number of hydrogen-bond donors (Lipinski definition) is 2. The van der Waals surface area contributed by atoms with Crippen LogP contribution in [0.2, 0.25) is 0 Å². The number of hydrogen-bond acceptors (Lipinski definition) is 5. The fourth-order valence-electron chi connectivity index (χ4n) is 2.02. The molecular formula is C12H29N5. The first kappa shape index (κ1) is 14.9. The molecule has 0 unspecified atom stereocenters. The summed E-state index contributed by atoms with van der Waals surface area (Å²) in [6.45, 7) is 11.4. The van der Waals surface area contributed by atoms with Gasteiger partial charge in [0.2, 0.25) is 0 Å². The second-order valence-corrected chi connectivity index (χ2v) is 4.99. The molecule has 0 aliphatic carbocycles. The lowest BCUT2D eigenvalue weighted by atomic mass is 10.3. The molecule has 2 saturated heterocycles. The zero-order valence-electron chi connectivity index (χ0n) is 11.5. The van der Waals surface area contributed by atoms with Gasteiger partial charge in [-0.1, -0.05) is 0 Å². The molecule has 17 heavy (non-hydrogen) atoms. The second-order valence-electron chi connectivity index (χ2n) is 4.99. The van der Waals surface area contributed by atoms with E-state index < -0.39 is 0 Å². The molecule has 0 aromatic carbocycles. The van der Waals surface area contributed by atoms with Crippen LogP contribution in [-0.4, -0.2) is 94.2 Å². The van der Waals surface area contributed by atoms with Crippen molar-refractivity contribution in [2.45, 2.75) is 0 Å². The van der Waals surface area contributed by atoms with Gasteiger partial charge in [0.15, 0.2) is 0 Å². The Balaban J connectivity index is 0.000000171. The SMILES string of the molecule is CN1CCN(C)CC1.NCCN1CCNCC1. The Morgan fingerprint density at radius 1 is 0.882 bits per heavy atom. The highest BCUT2D eigenvalue weighted by Gasteiger charge is 2.08. The first-order chi connectivity index (χ1) is 8.22. The first-order valence-electron chi connectivity index (χ1n) is 6.72. The second kappa shape index (κ2) is 8.83. The summed E-state index contributed by atoms with van der Waals surface area (Å²) in [5.41, 5.74) is 5.40. The smallest absolute Gasteiger partial charge is 0.0108 e. The van der Waals surface area contributed by atoms with E-state index in [1.165, 1.54) is 26.2 Å². The highest BCUT2D eigenvalue weighted by molar-refractivity contribution is 4.67. The standard InChI is InChI=1S/C6H15N3.C6H14N2/c7-1-4-9-5-2-8-3-6-9;1-7-3-5-8(2)6-4-7/h8H,1-7H2;3-6H2,1-2H3. The molecule has 5 heteroatoms. The molecule has 2 aliphatic heterocycles. The highest BCUT2D eigenvalue weighted by Crippen LogP contribution is 1.93. The molecule has 0 aromatic rings. The van der Waals surface area contributed by atoms with Crippen molar-refractivity contribution in [2.24, 2.45) is 5.73 Å². The van der Waals surface area contributed by atoms with Gasteiger partial charge in [0.1, 0.15) is 0 Å². The lowest BCUT2D eigenvalue weighted by Gasteiger charge is -2.28. The Labute approximate surface area is 106 Å². The Kier molecular flexibility index (Phi) is 7.72. The summed E-state index contributed by atoms with van der Waals surface area (Å²) in [6, 6.07) is 0. The van der Waals surface area contributed by atoms with E-state index in [2.05, 4.69) is 34.1 Å². The van der Waals surface area contributed by atoms with Crippen LogP contribution in [0.25, 0.3) is 0 Å². The van der Waals surface area contributed by atoms with E-state index in [0.29, 0.717) is 0 Å². The zero-order chi connectivity index (χ0) is 12.5. The Bertz CT molecular complexity index is 161. The monoisotopic (exact) mass is 243 g/mol. The fraction of sp³-hybridized carbons (Fsp3) is 1.00. The molecular weight excluding hydrogens is 214 g/mol. The van der Waals surface area contributed by atoms with E-state index in [4.69, 9.17) is 5.73 Å². The van der Waals surface area contributed by atoms with Crippen LogP contribution in [-0.2, 0) is 0 Å². The molecule has 0 bridgehead atoms. The van der Waals surface area contributed by atoms with Crippen LogP contribution in [0.1, 0.15) is 0 Å². The summed E-state index contributed by atoms with van der Waals surface area (Å²) in [7, 11) is 4.35. The van der Waals surface area contributed by atoms with Crippen LogP contribution in [0.15, 0.2) is 0 Å². The normalized spacial score (nSPS) is 24.2. The van der Waals surface area contributed by atoms with Crippen molar-refractivity contribution in [1.29, 1.82) is 0 Å². The van der Waals surface area contributed by atoms with Crippen molar-refractivity contribution in [3.05, 3.63) is 0 Å². The van der Waals surface area contributed by atoms with Gasteiger partial charge < -0.3 is 20.9 Å². The maximum absolute atomic E-state index is 5.40. The van der Waals surface area contributed by atoms with Crippen LogP contribution in [0, 0.1) is 0 Å². The van der Waals surface area contributed by atoms with Gasteiger partial charge in [0.05, 0.1) is 0 Å². The molecule has 0 saturated carbocycles. The van der Waals surface area contributed by atoms with Gasteiger partial charge in [-0.2, -0.15) is 0 Å². The van der Waals surface area contributed by atoms with E-state index in [-0.39, 0.29) is 0 Å². The molecule has 2 rings (SSSR count). The predicted molar refractivity (Wildman–Crippen MR) is 73.4 cm³/mol. The number of rotatable bonds is 2. The van der Waals surface area contributed by atoms with E-state index in [0.717, 1.165) is 39.3 Å². The van der Waals surface area contributed by atoms with Gasteiger partial charge in [-0.15, -0.1) is 0 Å². The van der Waals surface area contributed by atoms with Gasteiger partial charge >= 0.3 is 0 Å². The first-order valence-corrected chi connectivity index (χ1v) is 6.72. The maximum Gasteiger partial charge on any atom is 0.0108 e. The van der Waals surface area contributed by atoms with E-state index in [1.54, 1.807) is 0 Å². The van der Waals surface area contributed by atoms with Gasteiger partial charge in [0, 0.05) is 65.4 Å². The molecule has 2 fully saturated rings. The number of nitrogens with two attached hydrogens (primary N) is 1. The Morgan fingerprint density at radius 2 is 1.35 bits per heavy atom. The van der Waals surface area contributed by atoms with Crippen LogP contribution < -0.4 is 11.1 Å². The zero-order valence-corrected chi connectivity index (χ0v) is 11.5. The fourth-order valence-corrected chi connectivity index (χ4v) is 2.02. The molecule has 2 heterocycles.